The molecule has 2 aromatic heterocycles. The summed E-state index contributed by atoms with van der Waals surface area (Å²) in [5, 5.41) is 15.0. The number of rotatable bonds is 7. The van der Waals surface area contributed by atoms with Crippen LogP contribution in [0.4, 0.5) is 5.82 Å². The minimum atomic E-state index is 0.401. The van der Waals surface area contributed by atoms with Gasteiger partial charge in [-0.1, -0.05) is 6.92 Å². The summed E-state index contributed by atoms with van der Waals surface area (Å²) < 4.78 is 1.74. The van der Waals surface area contributed by atoms with E-state index in [9.17, 15) is 0 Å². The molecule has 23 heavy (non-hydrogen) atoms. The monoisotopic (exact) mass is 318 g/mol. The van der Waals surface area contributed by atoms with Crippen molar-refractivity contribution in [2.24, 2.45) is 12.0 Å². The van der Waals surface area contributed by atoms with Gasteiger partial charge >= 0.3 is 0 Å². The quantitative estimate of drug-likeness (QED) is 0.403. The molecule has 0 saturated heterocycles. The largest absolute Gasteiger partial charge is 0.367 e. The molecule has 8 nitrogen and oxygen atoms in total. The fourth-order valence-corrected chi connectivity index (χ4v) is 2.10. The molecular formula is C15H26N8. The van der Waals surface area contributed by atoms with Crippen molar-refractivity contribution in [1.29, 1.82) is 0 Å². The molecule has 0 aliphatic rings. The average molecular weight is 318 g/mol. The molecule has 126 valence electrons. The molecule has 0 radical (unpaired) electrons. The molecule has 0 aliphatic carbocycles. The van der Waals surface area contributed by atoms with Crippen LogP contribution in [0.3, 0.4) is 0 Å². The SMILES string of the molecule is CCNC(=NCCNc1ncnc2c1cnn2C)NC(C)CC. The number of fused-ring (bicyclic) bond motifs is 1. The third-order valence-corrected chi connectivity index (χ3v) is 3.54. The fourth-order valence-electron chi connectivity index (χ4n) is 2.10. The minimum Gasteiger partial charge on any atom is -0.367 e. The summed E-state index contributed by atoms with van der Waals surface area (Å²) in [6, 6.07) is 0.401. The molecule has 0 bridgehead atoms. The Bertz CT molecular complexity index is 648. The Morgan fingerprint density at radius 3 is 2.91 bits per heavy atom. The van der Waals surface area contributed by atoms with Gasteiger partial charge in [-0.25, -0.2) is 9.97 Å². The summed E-state index contributed by atoms with van der Waals surface area (Å²) >= 11 is 0. The third kappa shape index (κ3) is 4.54. The van der Waals surface area contributed by atoms with E-state index in [0.29, 0.717) is 19.1 Å². The van der Waals surface area contributed by atoms with Crippen LogP contribution in [0.2, 0.25) is 0 Å². The van der Waals surface area contributed by atoms with Crippen molar-refractivity contribution >= 4 is 22.8 Å². The van der Waals surface area contributed by atoms with Gasteiger partial charge in [0.15, 0.2) is 11.6 Å². The number of hydrogen-bond acceptors (Lipinski definition) is 5. The second-order valence-electron chi connectivity index (χ2n) is 5.37. The lowest BCUT2D eigenvalue weighted by Gasteiger charge is -2.16. The Morgan fingerprint density at radius 2 is 2.17 bits per heavy atom. The van der Waals surface area contributed by atoms with Crippen LogP contribution in [0, 0.1) is 0 Å². The van der Waals surface area contributed by atoms with E-state index < -0.39 is 0 Å². The van der Waals surface area contributed by atoms with E-state index in [1.54, 1.807) is 17.2 Å². The zero-order valence-electron chi connectivity index (χ0n) is 14.3. The van der Waals surface area contributed by atoms with Crippen LogP contribution in [-0.2, 0) is 7.05 Å². The minimum absolute atomic E-state index is 0.401. The van der Waals surface area contributed by atoms with Crippen molar-refractivity contribution in [1.82, 2.24) is 30.4 Å². The van der Waals surface area contributed by atoms with Crippen LogP contribution in [0.15, 0.2) is 17.5 Å². The van der Waals surface area contributed by atoms with Gasteiger partial charge in [-0.05, 0) is 20.3 Å². The molecule has 0 aromatic carbocycles. The second-order valence-corrected chi connectivity index (χ2v) is 5.37. The van der Waals surface area contributed by atoms with Gasteiger partial charge in [-0.15, -0.1) is 0 Å². The van der Waals surface area contributed by atoms with Gasteiger partial charge in [-0.2, -0.15) is 5.10 Å². The van der Waals surface area contributed by atoms with Crippen molar-refractivity contribution in [3.8, 4) is 0 Å². The topological polar surface area (TPSA) is 92.1 Å². The standard InChI is InChI=1S/C15H26N8/c1-5-11(3)22-15(16-6-2)18-8-7-17-13-12-9-21-23(4)14(12)20-10-19-13/h9-11H,5-8H2,1-4H3,(H2,16,18,22)(H,17,19,20). The van der Waals surface area contributed by atoms with E-state index in [4.69, 9.17) is 0 Å². The first-order valence-electron chi connectivity index (χ1n) is 8.07. The summed E-state index contributed by atoms with van der Waals surface area (Å²) in [5.74, 6) is 1.64. The lowest BCUT2D eigenvalue weighted by molar-refractivity contribution is 0.625. The number of nitrogens with one attached hydrogen (secondary N) is 3. The first-order chi connectivity index (χ1) is 11.2. The van der Waals surface area contributed by atoms with Gasteiger partial charge in [-0.3, -0.25) is 9.67 Å². The van der Waals surface area contributed by atoms with E-state index in [-0.39, 0.29) is 0 Å². The molecule has 0 fully saturated rings. The maximum absolute atomic E-state index is 4.57. The summed E-state index contributed by atoms with van der Waals surface area (Å²) in [6.07, 6.45) is 4.38. The molecule has 8 heteroatoms. The number of aromatic nitrogens is 4. The highest BCUT2D eigenvalue weighted by atomic mass is 15.3. The van der Waals surface area contributed by atoms with Gasteiger partial charge < -0.3 is 16.0 Å². The highest BCUT2D eigenvalue weighted by Crippen LogP contribution is 2.17. The Balaban J connectivity index is 1.93. The van der Waals surface area contributed by atoms with E-state index in [2.05, 4.69) is 56.8 Å². The summed E-state index contributed by atoms with van der Waals surface area (Å²) in [4.78, 5) is 13.1. The van der Waals surface area contributed by atoms with Gasteiger partial charge in [0, 0.05) is 26.2 Å². The van der Waals surface area contributed by atoms with E-state index >= 15 is 0 Å². The normalized spacial score (nSPS) is 13.1. The molecule has 0 amide bonds. The van der Waals surface area contributed by atoms with Crippen LogP contribution in [0.5, 0.6) is 0 Å². The molecule has 0 saturated carbocycles. The molecule has 0 spiro atoms. The molecule has 2 aromatic rings. The predicted octanol–water partition coefficient (Wildman–Crippen LogP) is 1.13. The van der Waals surface area contributed by atoms with Crippen LogP contribution in [-0.4, -0.2) is 51.4 Å². The van der Waals surface area contributed by atoms with E-state index in [1.165, 1.54) is 0 Å². The molecule has 1 unspecified atom stereocenters. The number of nitrogens with zero attached hydrogens (tertiary/aromatic N) is 5. The molecule has 2 heterocycles. The average Bonchev–Trinajstić information content (AvgIpc) is 2.93. The zero-order valence-corrected chi connectivity index (χ0v) is 14.3. The van der Waals surface area contributed by atoms with Crippen molar-refractivity contribution in [3.05, 3.63) is 12.5 Å². The number of hydrogen-bond donors (Lipinski definition) is 3. The van der Waals surface area contributed by atoms with Gasteiger partial charge in [0.2, 0.25) is 0 Å². The van der Waals surface area contributed by atoms with Gasteiger partial charge in [0.1, 0.15) is 12.1 Å². The smallest absolute Gasteiger partial charge is 0.191 e. The van der Waals surface area contributed by atoms with Gasteiger partial charge in [0.05, 0.1) is 18.1 Å². The number of anilines is 1. The Kier molecular flexibility index (Phi) is 6.13. The van der Waals surface area contributed by atoms with Crippen molar-refractivity contribution in [2.45, 2.75) is 33.2 Å². The first-order valence-corrected chi connectivity index (χ1v) is 8.07. The molecule has 1 atom stereocenters. The van der Waals surface area contributed by atoms with Crippen molar-refractivity contribution in [2.75, 3.05) is 25.0 Å². The van der Waals surface area contributed by atoms with Crippen LogP contribution in [0.25, 0.3) is 11.0 Å². The third-order valence-electron chi connectivity index (χ3n) is 3.54. The number of guanidine groups is 1. The molecule has 0 aliphatic heterocycles. The highest BCUT2D eigenvalue weighted by Gasteiger charge is 2.07. The van der Waals surface area contributed by atoms with E-state index in [1.807, 2.05) is 7.05 Å². The molecule has 2 rings (SSSR count). The van der Waals surface area contributed by atoms with E-state index in [0.717, 1.165) is 35.8 Å². The maximum Gasteiger partial charge on any atom is 0.191 e. The zero-order chi connectivity index (χ0) is 16.7. The maximum atomic E-state index is 4.57. The number of aliphatic imine (C=N–C) groups is 1. The second kappa shape index (κ2) is 8.30. The Labute approximate surface area is 136 Å². The molecule has 3 N–H and O–H groups in total. The summed E-state index contributed by atoms with van der Waals surface area (Å²) in [7, 11) is 1.87. The number of aryl methyl sites for hydroxylation is 1. The van der Waals surface area contributed by atoms with Crippen LogP contribution < -0.4 is 16.0 Å². The fraction of sp³-hybridized carbons (Fsp3) is 0.600. The Morgan fingerprint density at radius 1 is 1.35 bits per heavy atom. The Hall–Kier alpha value is -2.38. The highest BCUT2D eigenvalue weighted by molar-refractivity contribution is 5.86. The molecular weight excluding hydrogens is 292 g/mol. The van der Waals surface area contributed by atoms with Crippen LogP contribution >= 0.6 is 0 Å². The summed E-state index contributed by atoms with van der Waals surface area (Å²) in [5.41, 5.74) is 0.817. The predicted molar refractivity (Wildman–Crippen MR) is 93.7 cm³/mol. The van der Waals surface area contributed by atoms with Crippen LogP contribution in [0.1, 0.15) is 27.2 Å². The van der Waals surface area contributed by atoms with Crippen molar-refractivity contribution < 1.29 is 0 Å². The first kappa shape index (κ1) is 17.0. The lowest BCUT2D eigenvalue weighted by atomic mass is 10.3. The lowest BCUT2D eigenvalue weighted by Crippen LogP contribution is -2.42. The van der Waals surface area contributed by atoms with Gasteiger partial charge in [0.25, 0.3) is 0 Å². The van der Waals surface area contributed by atoms with Crippen molar-refractivity contribution in [3.63, 3.8) is 0 Å². The summed E-state index contributed by atoms with van der Waals surface area (Å²) in [6.45, 7) is 8.54.